The highest BCUT2D eigenvalue weighted by molar-refractivity contribution is 5.74. The minimum absolute atomic E-state index is 0.544. The Hall–Kier alpha value is -2.09. The Bertz CT molecular complexity index is 501. The molecule has 17 heavy (non-hydrogen) atoms. The van der Waals surface area contributed by atoms with Crippen LogP contribution in [0.1, 0.15) is 21.5 Å². The second kappa shape index (κ2) is 5.30. The zero-order chi connectivity index (χ0) is 12.1. The molecule has 2 nitrogen and oxygen atoms in total. The van der Waals surface area contributed by atoms with Crippen molar-refractivity contribution in [2.75, 3.05) is 0 Å². The summed E-state index contributed by atoms with van der Waals surface area (Å²) in [6.45, 7) is 2.60. The zero-order valence-electron chi connectivity index (χ0n) is 9.72. The lowest BCUT2D eigenvalue weighted by Crippen LogP contribution is -1.95. The third-order valence-corrected chi connectivity index (χ3v) is 2.50. The highest BCUT2D eigenvalue weighted by Gasteiger charge is 1.97. The molecular formula is C15H14O2. The normalized spacial score (nSPS) is 9.94. The maximum Gasteiger partial charge on any atom is 0.150 e. The first-order valence-corrected chi connectivity index (χ1v) is 5.51. The van der Waals surface area contributed by atoms with Gasteiger partial charge in [0.25, 0.3) is 0 Å². The fourth-order valence-corrected chi connectivity index (χ4v) is 1.61. The number of rotatable bonds is 4. The van der Waals surface area contributed by atoms with Crippen LogP contribution in [0, 0.1) is 6.92 Å². The molecule has 0 fully saturated rings. The molecule has 0 aliphatic heterocycles. The number of carbonyl (C=O) groups is 1. The van der Waals surface area contributed by atoms with Crippen LogP contribution in [0.2, 0.25) is 0 Å². The van der Waals surface area contributed by atoms with Crippen LogP contribution in [0.25, 0.3) is 0 Å². The molecule has 0 spiro atoms. The molecule has 0 aliphatic rings. The molecule has 0 aromatic heterocycles. The van der Waals surface area contributed by atoms with Gasteiger partial charge in [-0.15, -0.1) is 0 Å². The standard InChI is InChI=1S/C15H14O2/c1-12-3-2-4-14(9-12)11-17-15-7-5-13(10-16)6-8-15/h2-10H,11H2,1H3. The monoisotopic (exact) mass is 226 g/mol. The van der Waals surface area contributed by atoms with Gasteiger partial charge in [0.05, 0.1) is 0 Å². The van der Waals surface area contributed by atoms with Gasteiger partial charge in [0.15, 0.2) is 0 Å². The molecule has 0 unspecified atom stereocenters. The second-order valence-corrected chi connectivity index (χ2v) is 3.96. The van der Waals surface area contributed by atoms with Crippen molar-refractivity contribution in [2.45, 2.75) is 13.5 Å². The van der Waals surface area contributed by atoms with Gasteiger partial charge < -0.3 is 4.74 Å². The van der Waals surface area contributed by atoms with E-state index < -0.39 is 0 Å². The van der Waals surface area contributed by atoms with Crippen molar-refractivity contribution >= 4 is 6.29 Å². The molecule has 0 atom stereocenters. The molecule has 2 aromatic rings. The third kappa shape index (κ3) is 3.18. The highest BCUT2D eigenvalue weighted by atomic mass is 16.5. The zero-order valence-corrected chi connectivity index (χ0v) is 9.72. The number of ether oxygens (including phenoxy) is 1. The molecule has 2 heteroatoms. The summed E-state index contributed by atoms with van der Waals surface area (Å²) in [4.78, 5) is 10.5. The van der Waals surface area contributed by atoms with Crippen molar-refractivity contribution in [1.29, 1.82) is 0 Å². The van der Waals surface area contributed by atoms with E-state index in [-0.39, 0.29) is 0 Å². The van der Waals surface area contributed by atoms with Gasteiger partial charge in [-0.3, -0.25) is 4.79 Å². The van der Waals surface area contributed by atoms with E-state index in [1.807, 2.05) is 12.1 Å². The van der Waals surface area contributed by atoms with Crippen LogP contribution >= 0.6 is 0 Å². The SMILES string of the molecule is Cc1cccc(COc2ccc(C=O)cc2)c1. The first-order chi connectivity index (χ1) is 8.28. The fourth-order valence-electron chi connectivity index (χ4n) is 1.61. The molecule has 0 aliphatic carbocycles. The number of aryl methyl sites for hydroxylation is 1. The number of hydrogen-bond donors (Lipinski definition) is 0. The molecular weight excluding hydrogens is 212 g/mol. The van der Waals surface area contributed by atoms with E-state index in [1.54, 1.807) is 24.3 Å². The summed E-state index contributed by atoms with van der Waals surface area (Å²) in [6.07, 6.45) is 0.824. The summed E-state index contributed by atoms with van der Waals surface area (Å²) in [5.74, 6) is 0.775. The average Bonchev–Trinajstić information content (AvgIpc) is 2.37. The van der Waals surface area contributed by atoms with Gasteiger partial charge in [-0.1, -0.05) is 29.8 Å². The van der Waals surface area contributed by atoms with Gasteiger partial charge in [-0.2, -0.15) is 0 Å². The van der Waals surface area contributed by atoms with E-state index in [1.165, 1.54) is 5.56 Å². The number of aldehydes is 1. The highest BCUT2D eigenvalue weighted by Crippen LogP contribution is 2.14. The van der Waals surface area contributed by atoms with Gasteiger partial charge in [-0.25, -0.2) is 0 Å². The molecule has 0 radical (unpaired) electrons. The first kappa shape index (κ1) is 11.4. The second-order valence-electron chi connectivity index (χ2n) is 3.96. The van der Waals surface area contributed by atoms with Crippen LogP contribution in [0.4, 0.5) is 0 Å². The molecule has 2 aromatic carbocycles. The Morgan fingerprint density at radius 3 is 2.53 bits per heavy atom. The predicted octanol–water partition coefficient (Wildman–Crippen LogP) is 3.39. The molecule has 0 N–H and O–H groups in total. The topological polar surface area (TPSA) is 26.3 Å². The van der Waals surface area contributed by atoms with Crippen LogP contribution in [0.15, 0.2) is 48.5 Å². The van der Waals surface area contributed by atoms with E-state index >= 15 is 0 Å². The van der Waals surface area contributed by atoms with Gasteiger partial charge >= 0.3 is 0 Å². The molecule has 0 saturated heterocycles. The van der Waals surface area contributed by atoms with Crippen LogP contribution in [-0.2, 0) is 6.61 Å². The van der Waals surface area contributed by atoms with Gasteiger partial charge in [-0.05, 0) is 36.8 Å². The fraction of sp³-hybridized carbons (Fsp3) is 0.133. The Kier molecular flexibility index (Phi) is 3.55. The van der Waals surface area contributed by atoms with Crippen LogP contribution in [-0.4, -0.2) is 6.29 Å². The van der Waals surface area contributed by atoms with Crippen molar-refractivity contribution in [3.8, 4) is 5.75 Å². The van der Waals surface area contributed by atoms with Crippen LogP contribution < -0.4 is 4.74 Å². The van der Waals surface area contributed by atoms with E-state index in [9.17, 15) is 4.79 Å². The van der Waals surface area contributed by atoms with Crippen molar-refractivity contribution in [3.05, 3.63) is 65.2 Å². The molecule has 2 rings (SSSR count). The van der Waals surface area contributed by atoms with Crippen molar-refractivity contribution < 1.29 is 9.53 Å². The Morgan fingerprint density at radius 2 is 1.88 bits per heavy atom. The maximum atomic E-state index is 10.5. The minimum atomic E-state index is 0.544. The summed E-state index contributed by atoms with van der Waals surface area (Å²) in [5.41, 5.74) is 3.03. The predicted molar refractivity (Wildman–Crippen MR) is 67.3 cm³/mol. The van der Waals surface area contributed by atoms with Crippen molar-refractivity contribution in [1.82, 2.24) is 0 Å². The lowest BCUT2D eigenvalue weighted by Gasteiger charge is -2.06. The minimum Gasteiger partial charge on any atom is -0.489 e. The lowest BCUT2D eigenvalue weighted by molar-refractivity contribution is 0.112. The average molecular weight is 226 g/mol. The van der Waals surface area contributed by atoms with E-state index in [0.717, 1.165) is 17.6 Å². The van der Waals surface area contributed by atoms with Gasteiger partial charge in [0.2, 0.25) is 0 Å². The van der Waals surface area contributed by atoms with Crippen molar-refractivity contribution in [2.24, 2.45) is 0 Å². The summed E-state index contributed by atoms with van der Waals surface area (Å²) < 4.78 is 5.63. The number of hydrogen-bond acceptors (Lipinski definition) is 2. The molecule has 86 valence electrons. The summed E-state index contributed by atoms with van der Waals surface area (Å²) in [6, 6.07) is 15.3. The Labute approximate surface area is 101 Å². The van der Waals surface area contributed by atoms with Gasteiger partial charge in [0.1, 0.15) is 18.6 Å². The molecule has 0 amide bonds. The number of benzene rings is 2. The molecule has 0 bridgehead atoms. The summed E-state index contributed by atoms with van der Waals surface area (Å²) in [5, 5.41) is 0. The third-order valence-electron chi connectivity index (χ3n) is 2.50. The van der Waals surface area contributed by atoms with E-state index in [2.05, 4.69) is 19.1 Å². The Balaban J connectivity index is 1.99. The number of carbonyl (C=O) groups excluding carboxylic acids is 1. The van der Waals surface area contributed by atoms with Crippen LogP contribution in [0.5, 0.6) is 5.75 Å². The summed E-state index contributed by atoms with van der Waals surface area (Å²) in [7, 11) is 0. The molecule has 0 heterocycles. The Morgan fingerprint density at radius 1 is 1.12 bits per heavy atom. The largest absolute Gasteiger partial charge is 0.489 e. The van der Waals surface area contributed by atoms with Crippen LogP contribution in [0.3, 0.4) is 0 Å². The maximum absolute atomic E-state index is 10.5. The van der Waals surface area contributed by atoms with Crippen molar-refractivity contribution in [3.63, 3.8) is 0 Å². The van der Waals surface area contributed by atoms with E-state index in [0.29, 0.717) is 12.2 Å². The summed E-state index contributed by atoms with van der Waals surface area (Å²) >= 11 is 0. The first-order valence-electron chi connectivity index (χ1n) is 5.51. The lowest BCUT2D eigenvalue weighted by atomic mass is 10.1. The van der Waals surface area contributed by atoms with Gasteiger partial charge in [0, 0.05) is 5.56 Å². The van der Waals surface area contributed by atoms with E-state index in [4.69, 9.17) is 4.74 Å². The quantitative estimate of drug-likeness (QED) is 0.747. The smallest absolute Gasteiger partial charge is 0.150 e. The molecule has 0 saturated carbocycles.